The molecule has 2 rings (SSSR count). The molecule has 7 heteroatoms. The zero-order chi connectivity index (χ0) is 18.9. The number of anilines is 1. The SMILES string of the molecule is CCC(N)Cc1ccc(OCC(=O)Nc2ccc(OC)cc2)c(OC)c1.Cl. The van der Waals surface area contributed by atoms with Crippen LogP contribution in [0.15, 0.2) is 42.5 Å². The van der Waals surface area contributed by atoms with Crippen molar-refractivity contribution in [3.8, 4) is 17.2 Å². The second kappa shape index (κ2) is 11.3. The van der Waals surface area contributed by atoms with Gasteiger partial charge < -0.3 is 25.3 Å². The number of hydrogen-bond donors (Lipinski definition) is 2. The third-order valence-corrected chi connectivity index (χ3v) is 3.98. The highest BCUT2D eigenvalue weighted by Gasteiger charge is 2.10. The third kappa shape index (κ3) is 7.00. The Hall–Kier alpha value is -2.44. The quantitative estimate of drug-likeness (QED) is 0.680. The number of rotatable bonds is 9. The van der Waals surface area contributed by atoms with Crippen LogP contribution in [-0.2, 0) is 11.2 Å². The normalized spacial score (nSPS) is 11.1. The topological polar surface area (TPSA) is 82.8 Å². The summed E-state index contributed by atoms with van der Waals surface area (Å²) < 4.78 is 16.1. The summed E-state index contributed by atoms with van der Waals surface area (Å²) in [6.07, 6.45) is 1.68. The van der Waals surface area contributed by atoms with Crippen LogP contribution in [0.3, 0.4) is 0 Å². The predicted octanol–water partition coefficient (Wildman–Crippen LogP) is 3.42. The van der Waals surface area contributed by atoms with Crippen LogP contribution in [0.1, 0.15) is 18.9 Å². The van der Waals surface area contributed by atoms with Crippen molar-refractivity contribution in [2.75, 3.05) is 26.1 Å². The molecular formula is C20H27ClN2O4. The van der Waals surface area contributed by atoms with Crippen molar-refractivity contribution in [3.05, 3.63) is 48.0 Å². The summed E-state index contributed by atoms with van der Waals surface area (Å²) in [6.45, 7) is 1.94. The number of methoxy groups -OCH3 is 2. The van der Waals surface area contributed by atoms with E-state index in [0.29, 0.717) is 17.2 Å². The fourth-order valence-corrected chi connectivity index (χ4v) is 2.42. The molecule has 2 aromatic rings. The number of carbonyl (C=O) groups is 1. The van der Waals surface area contributed by atoms with E-state index in [1.807, 2.05) is 12.1 Å². The lowest BCUT2D eigenvalue weighted by Gasteiger charge is -2.14. The van der Waals surface area contributed by atoms with Crippen molar-refractivity contribution in [1.82, 2.24) is 0 Å². The first kappa shape index (κ1) is 22.6. The average molecular weight is 395 g/mol. The summed E-state index contributed by atoms with van der Waals surface area (Å²) >= 11 is 0. The Morgan fingerprint density at radius 2 is 1.78 bits per heavy atom. The van der Waals surface area contributed by atoms with Gasteiger partial charge in [-0.15, -0.1) is 12.4 Å². The summed E-state index contributed by atoms with van der Waals surface area (Å²) in [4.78, 5) is 12.1. The molecule has 0 saturated heterocycles. The molecule has 2 aromatic carbocycles. The van der Waals surface area contributed by atoms with Crippen molar-refractivity contribution in [1.29, 1.82) is 0 Å². The van der Waals surface area contributed by atoms with Gasteiger partial charge in [0, 0.05) is 11.7 Å². The standard InChI is InChI=1S/C20H26N2O4.ClH/c1-4-15(21)11-14-5-10-18(19(12-14)25-3)26-13-20(23)22-16-6-8-17(24-2)9-7-16;/h5-10,12,15H,4,11,13,21H2,1-3H3,(H,22,23);1H. The summed E-state index contributed by atoms with van der Waals surface area (Å²) in [7, 11) is 3.17. The highest BCUT2D eigenvalue weighted by Crippen LogP contribution is 2.28. The number of nitrogens with one attached hydrogen (secondary N) is 1. The third-order valence-electron chi connectivity index (χ3n) is 3.98. The second-order valence-electron chi connectivity index (χ2n) is 5.92. The van der Waals surface area contributed by atoms with Crippen LogP contribution in [0.4, 0.5) is 5.69 Å². The average Bonchev–Trinajstić information content (AvgIpc) is 2.67. The van der Waals surface area contributed by atoms with Crippen LogP contribution in [0.5, 0.6) is 17.2 Å². The first-order chi connectivity index (χ1) is 12.5. The molecule has 148 valence electrons. The Labute approximate surface area is 166 Å². The molecule has 3 N–H and O–H groups in total. The monoisotopic (exact) mass is 394 g/mol. The molecule has 1 amide bonds. The molecule has 6 nitrogen and oxygen atoms in total. The van der Waals surface area contributed by atoms with Crippen molar-refractivity contribution in [2.24, 2.45) is 5.73 Å². The molecule has 0 spiro atoms. The van der Waals surface area contributed by atoms with Gasteiger partial charge in [0.25, 0.3) is 5.91 Å². The first-order valence-electron chi connectivity index (χ1n) is 8.55. The fourth-order valence-electron chi connectivity index (χ4n) is 2.42. The number of carbonyl (C=O) groups excluding carboxylic acids is 1. The lowest BCUT2D eigenvalue weighted by atomic mass is 10.0. The summed E-state index contributed by atoms with van der Waals surface area (Å²) in [5.41, 5.74) is 7.74. The van der Waals surface area contributed by atoms with E-state index in [1.165, 1.54) is 0 Å². The minimum Gasteiger partial charge on any atom is -0.497 e. The number of amides is 1. The predicted molar refractivity (Wildman–Crippen MR) is 109 cm³/mol. The summed E-state index contributed by atoms with van der Waals surface area (Å²) in [6, 6.07) is 12.8. The summed E-state index contributed by atoms with van der Waals surface area (Å²) in [5, 5.41) is 2.77. The van der Waals surface area contributed by atoms with Crippen LogP contribution < -0.4 is 25.3 Å². The van der Waals surface area contributed by atoms with Crippen molar-refractivity contribution in [3.63, 3.8) is 0 Å². The molecule has 1 atom stereocenters. The molecule has 27 heavy (non-hydrogen) atoms. The summed E-state index contributed by atoms with van der Waals surface area (Å²) in [5.74, 6) is 1.58. The van der Waals surface area contributed by atoms with E-state index in [0.717, 1.165) is 24.2 Å². The van der Waals surface area contributed by atoms with Crippen LogP contribution in [0.25, 0.3) is 0 Å². The molecule has 0 fully saturated rings. The number of ether oxygens (including phenoxy) is 3. The van der Waals surface area contributed by atoms with E-state index < -0.39 is 0 Å². The van der Waals surface area contributed by atoms with Gasteiger partial charge in [-0.05, 0) is 54.8 Å². The molecule has 0 bridgehead atoms. The van der Waals surface area contributed by atoms with Crippen LogP contribution in [-0.4, -0.2) is 32.8 Å². The Morgan fingerprint density at radius 3 is 2.37 bits per heavy atom. The molecule has 0 saturated carbocycles. The van der Waals surface area contributed by atoms with Crippen molar-refractivity contribution in [2.45, 2.75) is 25.8 Å². The molecule has 0 heterocycles. The minimum atomic E-state index is -0.255. The lowest BCUT2D eigenvalue weighted by Crippen LogP contribution is -2.21. The first-order valence-corrected chi connectivity index (χ1v) is 8.55. The van der Waals surface area contributed by atoms with Gasteiger partial charge >= 0.3 is 0 Å². The van der Waals surface area contributed by atoms with Gasteiger partial charge in [-0.1, -0.05) is 13.0 Å². The zero-order valence-corrected chi connectivity index (χ0v) is 16.7. The highest BCUT2D eigenvalue weighted by atomic mass is 35.5. The van der Waals surface area contributed by atoms with Crippen LogP contribution in [0, 0.1) is 0 Å². The van der Waals surface area contributed by atoms with Gasteiger partial charge in [0.05, 0.1) is 14.2 Å². The number of halogens is 1. The smallest absolute Gasteiger partial charge is 0.262 e. The molecule has 0 aliphatic heterocycles. The van der Waals surface area contributed by atoms with E-state index in [4.69, 9.17) is 19.9 Å². The molecule has 1 unspecified atom stereocenters. The largest absolute Gasteiger partial charge is 0.497 e. The number of benzene rings is 2. The Kier molecular flexibility index (Phi) is 9.47. The van der Waals surface area contributed by atoms with Crippen LogP contribution >= 0.6 is 12.4 Å². The van der Waals surface area contributed by atoms with Gasteiger partial charge in [-0.25, -0.2) is 0 Å². The number of nitrogens with two attached hydrogens (primary N) is 1. The Morgan fingerprint density at radius 1 is 1.07 bits per heavy atom. The maximum Gasteiger partial charge on any atom is 0.262 e. The molecule has 0 aliphatic carbocycles. The van der Waals surface area contributed by atoms with Gasteiger partial charge in [0.2, 0.25) is 0 Å². The van der Waals surface area contributed by atoms with Crippen molar-refractivity contribution >= 4 is 24.0 Å². The van der Waals surface area contributed by atoms with E-state index in [-0.39, 0.29) is 31.0 Å². The maximum atomic E-state index is 12.1. The molecule has 0 radical (unpaired) electrons. The maximum absolute atomic E-state index is 12.1. The van der Waals surface area contributed by atoms with E-state index >= 15 is 0 Å². The molecule has 0 aromatic heterocycles. The van der Waals surface area contributed by atoms with Crippen molar-refractivity contribution < 1.29 is 19.0 Å². The zero-order valence-electron chi connectivity index (χ0n) is 15.9. The molecule has 0 aliphatic rings. The minimum absolute atomic E-state index is 0. The van der Waals surface area contributed by atoms with Gasteiger partial charge in [-0.2, -0.15) is 0 Å². The van der Waals surface area contributed by atoms with Crippen LogP contribution in [0.2, 0.25) is 0 Å². The highest BCUT2D eigenvalue weighted by molar-refractivity contribution is 5.91. The van der Waals surface area contributed by atoms with E-state index in [1.54, 1.807) is 44.6 Å². The number of hydrogen-bond acceptors (Lipinski definition) is 5. The van der Waals surface area contributed by atoms with Gasteiger partial charge in [0.15, 0.2) is 18.1 Å². The Balaban J connectivity index is 0.00000364. The lowest BCUT2D eigenvalue weighted by molar-refractivity contribution is -0.118. The van der Waals surface area contributed by atoms with E-state index in [2.05, 4.69) is 12.2 Å². The molecular weight excluding hydrogens is 368 g/mol. The Bertz CT molecular complexity index is 722. The van der Waals surface area contributed by atoms with Gasteiger partial charge in [-0.3, -0.25) is 4.79 Å². The van der Waals surface area contributed by atoms with E-state index in [9.17, 15) is 4.79 Å². The second-order valence-corrected chi connectivity index (χ2v) is 5.92. The van der Waals surface area contributed by atoms with Gasteiger partial charge in [0.1, 0.15) is 5.75 Å². The fraction of sp³-hybridized carbons (Fsp3) is 0.350.